The minimum atomic E-state index is -0.0507. The Morgan fingerprint density at radius 3 is 2.71 bits per heavy atom. The Balaban J connectivity index is 1.66. The molecule has 6 heteroatoms. The van der Waals surface area contributed by atoms with Crippen molar-refractivity contribution in [2.75, 3.05) is 20.2 Å². The molecule has 1 aromatic rings. The van der Waals surface area contributed by atoms with Gasteiger partial charge in [0.1, 0.15) is 0 Å². The third-order valence-electron chi connectivity index (χ3n) is 4.74. The van der Waals surface area contributed by atoms with Gasteiger partial charge in [-0.25, -0.2) is 9.78 Å². The average Bonchev–Trinajstić information content (AvgIpc) is 2.92. The molecule has 2 amide bonds. The number of rotatable bonds is 7. The molecule has 0 bridgehead atoms. The summed E-state index contributed by atoms with van der Waals surface area (Å²) in [6.45, 7) is 7.46. The van der Waals surface area contributed by atoms with Crippen molar-refractivity contribution in [1.82, 2.24) is 15.2 Å². The summed E-state index contributed by atoms with van der Waals surface area (Å²) in [5, 5.41) is 4.02. The summed E-state index contributed by atoms with van der Waals surface area (Å²) >= 11 is 1.68. The SMILES string of the molecule is Cc1nc([C@H](C)N(C)C(=O)NCCCOC2CCCCC2)c(C)s1. The zero-order valence-electron chi connectivity index (χ0n) is 15.4. The van der Waals surface area contributed by atoms with Gasteiger partial charge < -0.3 is 15.0 Å². The van der Waals surface area contributed by atoms with Crippen molar-refractivity contribution in [2.45, 2.75) is 71.4 Å². The normalized spacial score (nSPS) is 16.8. The first-order valence-corrected chi connectivity index (χ1v) is 9.87. The van der Waals surface area contributed by atoms with E-state index in [9.17, 15) is 4.79 Å². The molecule has 24 heavy (non-hydrogen) atoms. The molecule has 0 unspecified atom stereocenters. The first-order chi connectivity index (χ1) is 11.5. The van der Waals surface area contributed by atoms with Gasteiger partial charge in [-0.2, -0.15) is 0 Å². The number of carbonyl (C=O) groups excluding carboxylic acids is 1. The molecule has 1 saturated carbocycles. The van der Waals surface area contributed by atoms with Gasteiger partial charge >= 0.3 is 6.03 Å². The maximum atomic E-state index is 12.3. The van der Waals surface area contributed by atoms with Crippen LogP contribution in [0.2, 0.25) is 0 Å². The van der Waals surface area contributed by atoms with Gasteiger partial charge in [0.05, 0.1) is 22.8 Å². The van der Waals surface area contributed by atoms with E-state index in [0.717, 1.165) is 23.7 Å². The highest BCUT2D eigenvalue weighted by Crippen LogP contribution is 2.26. The number of hydrogen-bond acceptors (Lipinski definition) is 4. The quantitative estimate of drug-likeness (QED) is 0.747. The Morgan fingerprint density at radius 2 is 2.08 bits per heavy atom. The van der Waals surface area contributed by atoms with Gasteiger partial charge in [0.15, 0.2) is 0 Å². The van der Waals surface area contributed by atoms with E-state index in [1.54, 1.807) is 16.2 Å². The van der Waals surface area contributed by atoms with Gasteiger partial charge in [0.25, 0.3) is 0 Å². The third kappa shape index (κ3) is 5.45. The molecule has 5 nitrogen and oxygen atoms in total. The number of ether oxygens (including phenoxy) is 1. The number of hydrogen-bond donors (Lipinski definition) is 1. The molecule has 1 N–H and O–H groups in total. The number of aromatic nitrogens is 1. The van der Waals surface area contributed by atoms with E-state index < -0.39 is 0 Å². The predicted octanol–water partition coefficient (Wildman–Crippen LogP) is 4.20. The van der Waals surface area contributed by atoms with Crippen molar-refractivity contribution in [3.05, 3.63) is 15.6 Å². The van der Waals surface area contributed by atoms with E-state index in [0.29, 0.717) is 12.6 Å². The molecule has 2 rings (SSSR count). The van der Waals surface area contributed by atoms with E-state index >= 15 is 0 Å². The van der Waals surface area contributed by atoms with Gasteiger partial charge in [-0.1, -0.05) is 19.3 Å². The van der Waals surface area contributed by atoms with E-state index in [1.165, 1.54) is 37.0 Å². The van der Waals surface area contributed by atoms with Crippen LogP contribution >= 0.6 is 11.3 Å². The largest absolute Gasteiger partial charge is 0.378 e. The number of nitrogens with one attached hydrogen (secondary N) is 1. The molecule has 1 fully saturated rings. The van der Waals surface area contributed by atoms with E-state index in [-0.39, 0.29) is 12.1 Å². The van der Waals surface area contributed by atoms with Crippen LogP contribution in [0.4, 0.5) is 4.79 Å². The second-order valence-electron chi connectivity index (χ2n) is 6.68. The summed E-state index contributed by atoms with van der Waals surface area (Å²) in [6.07, 6.45) is 7.61. The predicted molar refractivity (Wildman–Crippen MR) is 98.6 cm³/mol. The van der Waals surface area contributed by atoms with Crippen molar-refractivity contribution in [3.8, 4) is 0 Å². The van der Waals surface area contributed by atoms with Crippen LogP contribution in [0.5, 0.6) is 0 Å². The van der Waals surface area contributed by atoms with Gasteiger partial charge in [-0.05, 0) is 40.0 Å². The lowest BCUT2D eigenvalue weighted by molar-refractivity contribution is 0.0274. The second-order valence-corrected chi connectivity index (χ2v) is 8.08. The van der Waals surface area contributed by atoms with Crippen molar-refractivity contribution in [1.29, 1.82) is 0 Å². The van der Waals surface area contributed by atoms with Crippen LogP contribution in [0.3, 0.4) is 0 Å². The first-order valence-electron chi connectivity index (χ1n) is 9.05. The van der Waals surface area contributed by atoms with Crippen LogP contribution in [-0.2, 0) is 4.74 Å². The molecule has 1 aliphatic carbocycles. The Morgan fingerprint density at radius 1 is 1.38 bits per heavy atom. The Bertz CT molecular complexity index is 526. The fourth-order valence-corrected chi connectivity index (χ4v) is 4.07. The number of aryl methyl sites for hydroxylation is 2. The maximum absolute atomic E-state index is 12.3. The Labute approximate surface area is 149 Å². The van der Waals surface area contributed by atoms with Crippen LogP contribution in [-0.4, -0.2) is 42.2 Å². The van der Waals surface area contributed by atoms with Gasteiger partial charge in [0, 0.05) is 25.1 Å². The monoisotopic (exact) mass is 353 g/mol. The lowest BCUT2D eigenvalue weighted by Gasteiger charge is -2.25. The topological polar surface area (TPSA) is 54.5 Å². The summed E-state index contributed by atoms with van der Waals surface area (Å²) in [5.74, 6) is 0. The lowest BCUT2D eigenvalue weighted by Crippen LogP contribution is -2.39. The smallest absolute Gasteiger partial charge is 0.317 e. The second kappa shape index (κ2) is 9.37. The summed E-state index contributed by atoms with van der Waals surface area (Å²) in [6, 6.07) is -0.0707. The molecule has 1 heterocycles. The highest BCUT2D eigenvalue weighted by Gasteiger charge is 2.21. The van der Waals surface area contributed by atoms with Crippen LogP contribution in [0, 0.1) is 13.8 Å². The molecule has 0 saturated heterocycles. The molecular weight excluding hydrogens is 322 g/mol. The maximum Gasteiger partial charge on any atom is 0.317 e. The molecule has 1 aromatic heterocycles. The summed E-state index contributed by atoms with van der Waals surface area (Å²) < 4.78 is 5.89. The zero-order chi connectivity index (χ0) is 17.5. The molecule has 0 radical (unpaired) electrons. The van der Waals surface area contributed by atoms with Gasteiger partial charge in [-0.15, -0.1) is 11.3 Å². The van der Waals surface area contributed by atoms with E-state index in [1.807, 2.05) is 20.9 Å². The van der Waals surface area contributed by atoms with Crippen molar-refractivity contribution in [3.63, 3.8) is 0 Å². The molecule has 1 atom stereocenters. The van der Waals surface area contributed by atoms with Crippen LogP contribution in [0.15, 0.2) is 0 Å². The highest BCUT2D eigenvalue weighted by atomic mass is 32.1. The molecule has 136 valence electrons. The van der Waals surface area contributed by atoms with Crippen molar-refractivity contribution >= 4 is 17.4 Å². The van der Waals surface area contributed by atoms with Crippen LogP contribution < -0.4 is 5.32 Å². The lowest BCUT2D eigenvalue weighted by atomic mass is 9.98. The molecule has 0 aliphatic heterocycles. The standard InChI is InChI=1S/C18H31N3O2S/c1-13(17-14(2)24-15(3)20-17)21(4)18(22)19-11-8-12-23-16-9-6-5-7-10-16/h13,16H,5-12H2,1-4H3,(H,19,22)/t13-/m0/s1. The highest BCUT2D eigenvalue weighted by molar-refractivity contribution is 7.11. The Kier molecular flexibility index (Phi) is 7.49. The minimum absolute atomic E-state index is 0.0200. The molecule has 1 aliphatic rings. The average molecular weight is 354 g/mol. The number of carbonyl (C=O) groups is 1. The summed E-state index contributed by atoms with van der Waals surface area (Å²) in [7, 11) is 1.83. The Hall–Kier alpha value is -1.14. The van der Waals surface area contributed by atoms with Crippen molar-refractivity contribution in [2.24, 2.45) is 0 Å². The number of amides is 2. The van der Waals surface area contributed by atoms with E-state index in [2.05, 4.69) is 17.2 Å². The van der Waals surface area contributed by atoms with Gasteiger partial charge in [0.2, 0.25) is 0 Å². The molecule has 0 spiro atoms. The number of thiazole rings is 1. The summed E-state index contributed by atoms with van der Waals surface area (Å²) in [5.41, 5.74) is 0.996. The number of urea groups is 1. The number of nitrogens with zero attached hydrogens (tertiary/aromatic N) is 2. The van der Waals surface area contributed by atoms with E-state index in [4.69, 9.17) is 4.74 Å². The molecule has 0 aromatic carbocycles. The summed E-state index contributed by atoms with van der Waals surface area (Å²) in [4.78, 5) is 19.7. The van der Waals surface area contributed by atoms with Crippen LogP contribution in [0.25, 0.3) is 0 Å². The zero-order valence-corrected chi connectivity index (χ0v) is 16.2. The fraction of sp³-hybridized carbons (Fsp3) is 0.778. The van der Waals surface area contributed by atoms with Gasteiger partial charge in [-0.3, -0.25) is 0 Å². The third-order valence-corrected chi connectivity index (χ3v) is 5.64. The first kappa shape index (κ1) is 19.2. The molecular formula is C18H31N3O2S. The van der Waals surface area contributed by atoms with Crippen molar-refractivity contribution < 1.29 is 9.53 Å². The van der Waals surface area contributed by atoms with Crippen LogP contribution in [0.1, 0.15) is 67.1 Å². The fourth-order valence-electron chi connectivity index (χ4n) is 3.17. The minimum Gasteiger partial charge on any atom is -0.378 e.